The third-order valence-corrected chi connectivity index (χ3v) is 7.20. The number of carbonyl (C=O) groups is 2. The molecule has 0 spiro atoms. The van der Waals surface area contributed by atoms with Crippen LogP contribution in [0.25, 0.3) is 22.2 Å². The van der Waals surface area contributed by atoms with Crippen LogP contribution in [-0.4, -0.2) is 46.7 Å². The molecule has 1 aliphatic carbocycles. The van der Waals surface area contributed by atoms with Gasteiger partial charge in [0.05, 0.1) is 19.3 Å². The van der Waals surface area contributed by atoms with Crippen LogP contribution in [0.2, 0.25) is 0 Å². The highest BCUT2D eigenvalue weighted by molar-refractivity contribution is 5.95. The molecule has 1 saturated carbocycles. The van der Waals surface area contributed by atoms with E-state index in [4.69, 9.17) is 4.74 Å². The predicted molar refractivity (Wildman–Crippen MR) is 127 cm³/mol. The van der Waals surface area contributed by atoms with Crippen LogP contribution in [0.1, 0.15) is 55.2 Å². The van der Waals surface area contributed by atoms with Crippen molar-refractivity contribution in [1.82, 2.24) is 9.47 Å². The highest BCUT2D eigenvalue weighted by atomic mass is 16.5. The van der Waals surface area contributed by atoms with Crippen LogP contribution in [0.5, 0.6) is 0 Å². The number of esters is 1. The summed E-state index contributed by atoms with van der Waals surface area (Å²) in [7, 11) is 1.41. The van der Waals surface area contributed by atoms with Gasteiger partial charge < -0.3 is 14.4 Å². The van der Waals surface area contributed by atoms with E-state index in [9.17, 15) is 14.7 Å². The van der Waals surface area contributed by atoms with Gasteiger partial charge >= 0.3 is 11.9 Å². The lowest BCUT2D eigenvalue weighted by Crippen LogP contribution is -2.39. The van der Waals surface area contributed by atoms with Gasteiger partial charge in [-0.15, -0.1) is 0 Å². The normalized spacial score (nSPS) is 19.4. The number of nitrogens with zero attached hydrogens (tertiary/aromatic N) is 2. The maximum atomic E-state index is 13.2. The summed E-state index contributed by atoms with van der Waals surface area (Å²) in [4.78, 5) is 26.6. The van der Waals surface area contributed by atoms with E-state index in [-0.39, 0.29) is 19.1 Å². The van der Waals surface area contributed by atoms with Crippen LogP contribution < -0.4 is 0 Å². The molecule has 0 saturated heterocycles. The van der Waals surface area contributed by atoms with E-state index in [1.165, 1.54) is 37.3 Å². The second-order valence-electron chi connectivity index (χ2n) is 9.24. The molecule has 1 aliphatic heterocycles. The van der Waals surface area contributed by atoms with E-state index < -0.39 is 12.0 Å². The zero-order valence-electron chi connectivity index (χ0n) is 19.0. The molecule has 0 amide bonds. The second-order valence-corrected chi connectivity index (χ2v) is 9.24. The molecule has 6 heteroatoms. The Kier molecular flexibility index (Phi) is 5.94. The lowest BCUT2D eigenvalue weighted by Gasteiger charge is -2.32. The summed E-state index contributed by atoms with van der Waals surface area (Å²) >= 11 is 0. The molecule has 2 aromatic carbocycles. The number of aliphatic carboxylic acids is 1. The first-order valence-corrected chi connectivity index (χ1v) is 11.8. The first-order chi connectivity index (χ1) is 16.1. The molecule has 6 nitrogen and oxygen atoms in total. The molecule has 3 aromatic rings. The van der Waals surface area contributed by atoms with Gasteiger partial charge in [-0.05, 0) is 36.0 Å². The second kappa shape index (κ2) is 9.02. The van der Waals surface area contributed by atoms with Crippen molar-refractivity contribution in [1.29, 1.82) is 0 Å². The van der Waals surface area contributed by atoms with E-state index in [1.807, 2.05) is 23.1 Å². The number of para-hydroxylation sites is 1. The van der Waals surface area contributed by atoms with Crippen LogP contribution in [0.3, 0.4) is 0 Å². The molecule has 172 valence electrons. The third-order valence-electron chi connectivity index (χ3n) is 7.20. The van der Waals surface area contributed by atoms with E-state index in [2.05, 4.69) is 34.9 Å². The van der Waals surface area contributed by atoms with Crippen molar-refractivity contribution in [3.63, 3.8) is 0 Å². The summed E-state index contributed by atoms with van der Waals surface area (Å²) in [5, 5.41) is 10.7. The number of benzene rings is 2. The molecule has 0 radical (unpaired) electrons. The minimum Gasteiger partial charge on any atom is -0.480 e. The van der Waals surface area contributed by atoms with Gasteiger partial charge in [-0.2, -0.15) is 0 Å². The number of carboxylic acids is 1. The van der Waals surface area contributed by atoms with Crippen molar-refractivity contribution in [2.45, 2.75) is 50.6 Å². The number of hydrogen-bond acceptors (Lipinski definition) is 4. The number of carboxylic acid groups (broad SMARTS) is 1. The molecule has 1 atom stereocenters. The van der Waals surface area contributed by atoms with Crippen molar-refractivity contribution in [2.24, 2.45) is 0 Å². The van der Waals surface area contributed by atoms with Crippen LogP contribution in [-0.2, 0) is 20.9 Å². The van der Waals surface area contributed by atoms with Crippen molar-refractivity contribution >= 4 is 22.8 Å². The van der Waals surface area contributed by atoms with Gasteiger partial charge in [-0.25, -0.2) is 4.79 Å². The third kappa shape index (κ3) is 3.93. The highest BCUT2D eigenvalue weighted by Gasteiger charge is 2.35. The molecule has 1 N–H and O–H groups in total. The topological polar surface area (TPSA) is 71.8 Å². The molecular formula is C27H30N2O4. The van der Waals surface area contributed by atoms with Gasteiger partial charge in [-0.1, -0.05) is 61.7 Å². The fraction of sp³-hybridized carbons (Fsp3) is 0.407. The fourth-order valence-corrected chi connectivity index (χ4v) is 5.84. The van der Waals surface area contributed by atoms with E-state index >= 15 is 0 Å². The molecule has 1 unspecified atom stereocenters. The van der Waals surface area contributed by atoms with Crippen molar-refractivity contribution in [3.8, 4) is 11.3 Å². The Labute approximate surface area is 193 Å². The minimum absolute atomic E-state index is 0.133. The van der Waals surface area contributed by atoms with Gasteiger partial charge in [0.2, 0.25) is 0 Å². The molecule has 1 aromatic heterocycles. The molecular weight excluding hydrogens is 416 g/mol. The summed E-state index contributed by atoms with van der Waals surface area (Å²) in [5.41, 5.74) is 5.61. The molecule has 5 rings (SSSR count). The Morgan fingerprint density at radius 1 is 1.03 bits per heavy atom. The van der Waals surface area contributed by atoms with Crippen molar-refractivity contribution in [2.75, 3.05) is 20.2 Å². The molecule has 33 heavy (non-hydrogen) atoms. The van der Waals surface area contributed by atoms with Gasteiger partial charge in [0.25, 0.3) is 0 Å². The van der Waals surface area contributed by atoms with Crippen LogP contribution in [0.4, 0.5) is 0 Å². The van der Waals surface area contributed by atoms with Gasteiger partial charge in [-0.3, -0.25) is 9.69 Å². The smallest absolute Gasteiger partial charge is 0.330 e. The van der Waals surface area contributed by atoms with Gasteiger partial charge in [0.15, 0.2) is 0 Å². The first-order valence-electron chi connectivity index (χ1n) is 11.8. The molecule has 1 fully saturated rings. The summed E-state index contributed by atoms with van der Waals surface area (Å²) in [6, 6.07) is 15.9. The Hall–Kier alpha value is -3.12. The quantitative estimate of drug-likeness (QED) is 0.573. The van der Waals surface area contributed by atoms with Gasteiger partial charge in [0, 0.05) is 29.6 Å². The minimum atomic E-state index is -0.905. The summed E-state index contributed by atoms with van der Waals surface area (Å²) < 4.78 is 7.39. The fourth-order valence-electron chi connectivity index (χ4n) is 5.84. The lowest BCUT2D eigenvalue weighted by molar-refractivity contribution is -0.146. The summed E-state index contributed by atoms with van der Waals surface area (Å²) in [5.74, 6) is -0.806. The Morgan fingerprint density at radius 2 is 1.76 bits per heavy atom. The van der Waals surface area contributed by atoms with Crippen molar-refractivity contribution < 1.29 is 19.4 Å². The maximum Gasteiger partial charge on any atom is 0.330 e. The Morgan fingerprint density at radius 3 is 2.52 bits per heavy atom. The highest BCUT2D eigenvalue weighted by Crippen LogP contribution is 2.47. The van der Waals surface area contributed by atoms with Crippen LogP contribution in [0.15, 0.2) is 48.5 Å². The van der Waals surface area contributed by atoms with E-state index in [0.29, 0.717) is 12.5 Å². The number of methoxy groups -OCH3 is 1. The number of aromatic nitrogens is 1. The predicted octanol–water partition coefficient (Wildman–Crippen LogP) is 4.97. The van der Waals surface area contributed by atoms with E-state index in [1.54, 1.807) is 0 Å². The summed E-state index contributed by atoms with van der Waals surface area (Å²) in [6.45, 7) is 0.622. The van der Waals surface area contributed by atoms with Gasteiger partial charge in [0.1, 0.15) is 6.04 Å². The number of ether oxygens (including phenoxy) is 1. The largest absolute Gasteiger partial charge is 0.480 e. The average molecular weight is 447 g/mol. The number of carbonyl (C=O) groups excluding carboxylic acids is 1. The lowest BCUT2D eigenvalue weighted by atomic mass is 9.81. The zero-order valence-corrected chi connectivity index (χ0v) is 19.0. The maximum absolute atomic E-state index is 13.2. The number of hydrogen-bond donors (Lipinski definition) is 1. The van der Waals surface area contributed by atoms with Crippen LogP contribution >= 0.6 is 0 Å². The molecule has 0 bridgehead atoms. The monoisotopic (exact) mass is 446 g/mol. The Balaban J connectivity index is 1.83. The number of rotatable bonds is 4. The van der Waals surface area contributed by atoms with Crippen LogP contribution in [0, 0.1) is 0 Å². The molecule has 2 aliphatic rings. The average Bonchev–Trinajstić information content (AvgIpc) is 3.15. The zero-order chi connectivity index (χ0) is 22.9. The summed E-state index contributed by atoms with van der Waals surface area (Å²) in [6.07, 6.45) is 6.01. The Bertz CT molecular complexity index is 1190. The number of fused-ring (bicyclic) bond motifs is 5. The first kappa shape index (κ1) is 21.7. The van der Waals surface area contributed by atoms with Crippen molar-refractivity contribution in [3.05, 3.63) is 59.7 Å². The molecule has 2 heterocycles. The standard InChI is InChI=1S/C27H30N2O4/c1-33-27(32)23-16-28(17-24(30)31)15-19-11-5-6-12-20(19)26-25(18-9-3-2-4-10-18)21-13-7-8-14-22(21)29(23)26/h5-8,11-14,18,23H,2-4,9-10,15-17H2,1H3,(H,30,31). The SMILES string of the molecule is COC(=O)C1CN(CC(=O)O)Cc2ccccc2-c2c(C3CCCCC3)c3ccccc3n21. The van der Waals surface area contributed by atoms with E-state index in [0.717, 1.165) is 35.2 Å².